The lowest BCUT2D eigenvalue weighted by Crippen LogP contribution is -2.14. The van der Waals surface area contributed by atoms with E-state index in [0.717, 1.165) is 5.56 Å². The molecule has 0 saturated carbocycles. The average molecular weight is 311 g/mol. The number of rotatable bonds is 4. The highest BCUT2D eigenvalue weighted by atomic mass is 35.5. The number of carboxylic acids is 1. The monoisotopic (exact) mass is 310 g/mol. The van der Waals surface area contributed by atoms with Crippen molar-refractivity contribution in [3.05, 3.63) is 63.6 Å². The Kier molecular flexibility index (Phi) is 4.53. The summed E-state index contributed by atoms with van der Waals surface area (Å²) >= 11 is 11.8. The van der Waals surface area contributed by atoms with Gasteiger partial charge in [-0.2, -0.15) is 0 Å². The lowest BCUT2D eigenvalue weighted by Gasteiger charge is -2.13. The Balaban J connectivity index is 2.30. The maximum atomic E-state index is 11.4. The molecule has 2 aromatic carbocycles. The van der Waals surface area contributed by atoms with Gasteiger partial charge in [0, 0.05) is 0 Å². The van der Waals surface area contributed by atoms with Crippen LogP contribution in [0.1, 0.15) is 17.0 Å². The maximum absolute atomic E-state index is 11.4. The smallest absolute Gasteiger partial charge is 0.311 e. The number of carboxylic acid groups (broad SMARTS) is 1. The van der Waals surface area contributed by atoms with Crippen molar-refractivity contribution in [3.8, 4) is 5.75 Å². The van der Waals surface area contributed by atoms with Gasteiger partial charge in [-0.25, -0.2) is 0 Å². The number of phenolic OH excluding ortho intramolecular Hbond substituents is 1. The first-order valence-corrected chi connectivity index (χ1v) is 6.68. The summed E-state index contributed by atoms with van der Waals surface area (Å²) in [7, 11) is 0. The second-order valence-electron chi connectivity index (χ2n) is 4.44. The van der Waals surface area contributed by atoms with E-state index in [0.29, 0.717) is 15.6 Å². The first-order chi connectivity index (χ1) is 9.47. The quantitative estimate of drug-likeness (QED) is 0.893. The van der Waals surface area contributed by atoms with Crippen molar-refractivity contribution < 1.29 is 15.0 Å². The van der Waals surface area contributed by atoms with E-state index in [1.54, 1.807) is 30.3 Å². The summed E-state index contributed by atoms with van der Waals surface area (Å²) < 4.78 is 0. The number of aromatic hydroxyl groups is 1. The van der Waals surface area contributed by atoms with Crippen LogP contribution < -0.4 is 0 Å². The van der Waals surface area contributed by atoms with Crippen molar-refractivity contribution >= 4 is 29.2 Å². The Morgan fingerprint density at radius 2 is 1.85 bits per heavy atom. The minimum Gasteiger partial charge on any atom is -0.508 e. The van der Waals surface area contributed by atoms with Crippen LogP contribution in [0.25, 0.3) is 0 Å². The van der Waals surface area contributed by atoms with Crippen LogP contribution in [-0.4, -0.2) is 16.2 Å². The number of aliphatic carboxylic acids is 1. The van der Waals surface area contributed by atoms with E-state index in [2.05, 4.69) is 0 Å². The summed E-state index contributed by atoms with van der Waals surface area (Å²) in [6.45, 7) is 0. The molecule has 3 nitrogen and oxygen atoms in total. The molecule has 0 fully saturated rings. The molecule has 104 valence electrons. The maximum Gasteiger partial charge on any atom is 0.311 e. The van der Waals surface area contributed by atoms with Crippen LogP contribution in [0.4, 0.5) is 0 Å². The molecule has 0 heterocycles. The van der Waals surface area contributed by atoms with Gasteiger partial charge in [0.25, 0.3) is 0 Å². The molecule has 1 unspecified atom stereocenters. The molecule has 20 heavy (non-hydrogen) atoms. The fraction of sp³-hybridized carbons (Fsp3) is 0.133. The second kappa shape index (κ2) is 6.16. The van der Waals surface area contributed by atoms with Gasteiger partial charge in [-0.3, -0.25) is 4.79 Å². The highest BCUT2D eigenvalue weighted by Gasteiger charge is 2.21. The fourth-order valence-electron chi connectivity index (χ4n) is 1.99. The Labute approximate surface area is 126 Å². The van der Waals surface area contributed by atoms with Gasteiger partial charge in [-0.15, -0.1) is 0 Å². The van der Waals surface area contributed by atoms with Crippen molar-refractivity contribution in [2.24, 2.45) is 0 Å². The fourth-order valence-corrected chi connectivity index (χ4v) is 2.31. The van der Waals surface area contributed by atoms with E-state index in [1.807, 2.05) is 0 Å². The molecule has 2 rings (SSSR count). The van der Waals surface area contributed by atoms with Crippen LogP contribution in [0.2, 0.25) is 10.0 Å². The summed E-state index contributed by atoms with van der Waals surface area (Å²) in [5.41, 5.74) is 1.32. The van der Waals surface area contributed by atoms with Gasteiger partial charge < -0.3 is 10.2 Å². The van der Waals surface area contributed by atoms with Gasteiger partial charge in [0.05, 0.1) is 16.0 Å². The summed E-state index contributed by atoms with van der Waals surface area (Å²) in [5, 5.41) is 19.6. The molecule has 0 aromatic heterocycles. The third-order valence-corrected chi connectivity index (χ3v) is 3.73. The standard InChI is InChI=1S/C15H12Cl2O3/c16-13-5-4-9(7-14(13)17)6-12(15(19)20)10-2-1-3-11(18)8-10/h1-5,7-8,12,18H,6H2,(H,19,20). The number of benzene rings is 2. The topological polar surface area (TPSA) is 57.5 Å². The van der Waals surface area contributed by atoms with Gasteiger partial charge in [0.15, 0.2) is 0 Å². The molecule has 0 radical (unpaired) electrons. The van der Waals surface area contributed by atoms with Gasteiger partial charge in [0.2, 0.25) is 0 Å². The van der Waals surface area contributed by atoms with Crippen LogP contribution in [0.5, 0.6) is 5.75 Å². The lowest BCUT2D eigenvalue weighted by molar-refractivity contribution is -0.138. The SMILES string of the molecule is O=C(O)C(Cc1ccc(Cl)c(Cl)c1)c1cccc(O)c1. The van der Waals surface area contributed by atoms with Gasteiger partial charge in [-0.05, 0) is 41.8 Å². The largest absolute Gasteiger partial charge is 0.508 e. The molecule has 2 aromatic rings. The minimum atomic E-state index is -0.957. The molecule has 5 heteroatoms. The molecule has 0 aliphatic carbocycles. The van der Waals surface area contributed by atoms with Crippen LogP contribution >= 0.6 is 23.2 Å². The van der Waals surface area contributed by atoms with Gasteiger partial charge in [0.1, 0.15) is 5.75 Å². The van der Waals surface area contributed by atoms with Crippen molar-refractivity contribution in [2.75, 3.05) is 0 Å². The Morgan fingerprint density at radius 3 is 2.45 bits per heavy atom. The van der Waals surface area contributed by atoms with Crippen molar-refractivity contribution in [3.63, 3.8) is 0 Å². The highest BCUT2D eigenvalue weighted by Crippen LogP contribution is 2.28. The van der Waals surface area contributed by atoms with E-state index in [4.69, 9.17) is 23.2 Å². The normalized spacial score (nSPS) is 12.1. The predicted octanol–water partition coefficient (Wildman–Crippen LogP) is 4.11. The summed E-state index contributed by atoms with van der Waals surface area (Å²) in [6.07, 6.45) is 0.273. The number of phenols is 1. The molecule has 0 spiro atoms. The van der Waals surface area contributed by atoms with Crippen LogP contribution in [-0.2, 0) is 11.2 Å². The summed E-state index contributed by atoms with van der Waals surface area (Å²) in [4.78, 5) is 11.4. The third kappa shape index (κ3) is 3.44. The number of carbonyl (C=O) groups is 1. The summed E-state index contributed by atoms with van der Waals surface area (Å²) in [5.74, 6) is -1.66. The first-order valence-electron chi connectivity index (χ1n) is 5.93. The molecule has 0 bridgehead atoms. The zero-order chi connectivity index (χ0) is 14.7. The van der Waals surface area contributed by atoms with E-state index >= 15 is 0 Å². The van der Waals surface area contributed by atoms with Crippen LogP contribution in [0, 0.1) is 0 Å². The first kappa shape index (κ1) is 14.7. The zero-order valence-corrected chi connectivity index (χ0v) is 11.9. The van der Waals surface area contributed by atoms with Gasteiger partial charge in [-0.1, -0.05) is 41.4 Å². The second-order valence-corrected chi connectivity index (χ2v) is 5.25. The Hall–Kier alpha value is -1.71. The molecule has 2 N–H and O–H groups in total. The van der Waals surface area contributed by atoms with E-state index in [9.17, 15) is 15.0 Å². The number of hydrogen-bond acceptors (Lipinski definition) is 2. The van der Waals surface area contributed by atoms with Crippen molar-refractivity contribution in [2.45, 2.75) is 12.3 Å². The highest BCUT2D eigenvalue weighted by molar-refractivity contribution is 6.42. The Bertz CT molecular complexity index is 641. The zero-order valence-electron chi connectivity index (χ0n) is 10.4. The molecular weight excluding hydrogens is 299 g/mol. The van der Waals surface area contributed by atoms with E-state index < -0.39 is 11.9 Å². The predicted molar refractivity (Wildman–Crippen MR) is 78.6 cm³/mol. The van der Waals surface area contributed by atoms with E-state index in [-0.39, 0.29) is 12.2 Å². The van der Waals surface area contributed by atoms with Crippen LogP contribution in [0.3, 0.4) is 0 Å². The number of halogens is 2. The molecule has 1 atom stereocenters. The van der Waals surface area contributed by atoms with Crippen molar-refractivity contribution in [1.29, 1.82) is 0 Å². The lowest BCUT2D eigenvalue weighted by atomic mass is 9.92. The van der Waals surface area contributed by atoms with Crippen LogP contribution in [0.15, 0.2) is 42.5 Å². The molecular formula is C15H12Cl2O3. The molecule has 0 saturated heterocycles. The molecule has 0 aliphatic rings. The molecule has 0 aliphatic heterocycles. The van der Waals surface area contributed by atoms with Crippen molar-refractivity contribution in [1.82, 2.24) is 0 Å². The minimum absolute atomic E-state index is 0.0443. The number of hydrogen-bond donors (Lipinski definition) is 2. The average Bonchev–Trinajstić information content (AvgIpc) is 2.39. The van der Waals surface area contributed by atoms with E-state index in [1.165, 1.54) is 12.1 Å². The van der Waals surface area contributed by atoms with Gasteiger partial charge >= 0.3 is 5.97 Å². The third-order valence-electron chi connectivity index (χ3n) is 2.99. The molecule has 0 amide bonds. The summed E-state index contributed by atoms with van der Waals surface area (Å²) in [6, 6.07) is 11.3. The Morgan fingerprint density at radius 1 is 1.10 bits per heavy atom.